The fourth-order valence-electron chi connectivity index (χ4n) is 2.44. The fourth-order valence-corrected chi connectivity index (χ4v) is 3.20. The number of carbonyl (C=O) groups is 1. The van der Waals surface area contributed by atoms with Crippen molar-refractivity contribution in [3.05, 3.63) is 58.9 Å². The van der Waals surface area contributed by atoms with Gasteiger partial charge in [0, 0.05) is 24.7 Å². The summed E-state index contributed by atoms with van der Waals surface area (Å²) in [6, 6.07) is 9.61. The molecule has 0 unspecified atom stereocenters. The summed E-state index contributed by atoms with van der Waals surface area (Å²) < 4.78 is 5.22. The average Bonchev–Trinajstić information content (AvgIpc) is 3.10. The largest absolute Gasteiger partial charge is 0.360 e. The topological polar surface area (TPSA) is 68.0 Å². The molecule has 23 heavy (non-hydrogen) atoms. The molecule has 0 bridgehead atoms. The van der Waals surface area contributed by atoms with Crippen molar-refractivity contribution in [2.24, 2.45) is 0 Å². The van der Waals surface area contributed by atoms with E-state index < -0.39 is 0 Å². The summed E-state index contributed by atoms with van der Waals surface area (Å²) in [5.74, 6) is 1.05. The Morgan fingerprint density at radius 1 is 1.35 bits per heavy atom. The van der Waals surface area contributed by atoms with Crippen LogP contribution in [0.2, 0.25) is 0 Å². The summed E-state index contributed by atoms with van der Waals surface area (Å²) in [7, 11) is 0. The molecule has 0 radical (unpaired) electrons. The number of pyridine rings is 1. The van der Waals surface area contributed by atoms with Gasteiger partial charge < -0.3 is 9.84 Å². The molecule has 0 atom stereocenters. The van der Waals surface area contributed by atoms with E-state index in [-0.39, 0.29) is 5.91 Å². The van der Waals surface area contributed by atoms with Gasteiger partial charge in [0.25, 0.3) is 5.91 Å². The van der Waals surface area contributed by atoms with E-state index in [1.807, 2.05) is 29.6 Å². The van der Waals surface area contributed by atoms with E-state index >= 15 is 0 Å². The summed E-state index contributed by atoms with van der Waals surface area (Å²) in [6.45, 7) is 0.408. The minimum Gasteiger partial charge on any atom is -0.360 e. The van der Waals surface area contributed by atoms with Crippen LogP contribution < -0.4 is 5.32 Å². The maximum Gasteiger partial charge on any atom is 0.273 e. The highest BCUT2D eigenvalue weighted by Crippen LogP contribution is 2.40. The SMILES string of the molecule is O=C(NCc1cccnc1-c1cccs1)c1cc(C2CC2)on1. The van der Waals surface area contributed by atoms with Gasteiger partial charge in [-0.25, -0.2) is 0 Å². The molecule has 3 heterocycles. The molecular formula is C17H15N3O2S. The van der Waals surface area contributed by atoms with Crippen LogP contribution in [0.3, 0.4) is 0 Å². The molecule has 0 spiro atoms. The van der Waals surface area contributed by atoms with Crippen LogP contribution in [0.15, 0.2) is 46.4 Å². The van der Waals surface area contributed by atoms with Crippen LogP contribution in [-0.4, -0.2) is 16.0 Å². The van der Waals surface area contributed by atoms with E-state index in [0.717, 1.165) is 34.7 Å². The molecular weight excluding hydrogens is 310 g/mol. The molecule has 5 nitrogen and oxygen atoms in total. The van der Waals surface area contributed by atoms with Gasteiger partial charge in [-0.3, -0.25) is 9.78 Å². The van der Waals surface area contributed by atoms with Gasteiger partial charge in [-0.1, -0.05) is 17.3 Å². The minimum absolute atomic E-state index is 0.221. The predicted octanol–water partition coefficient (Wildman–Crippen LogP) is 3.61. The quantitative estimate of drug-likeness (QED) is 0.778. The van der Waals surface area contributed by atoms with Crippen molar-refractivity contribution < 1.29 is 9.32 Å². The van der Waals surface area contributed by atoms with E-state index in [2.05, 4.69) is 15.5 Å². The van der Waals surface area contributed by atoms with Gasteiger partial charge in [-0.05, 0) is 35.9 Å². The third-order valence-corrected chi connectivity index (χ3v) is 4.70. The first-order valence-corrected chi connectivity index (χ1v) is 8.42. The lowest BCUT2D eigenvalue weighted by Crippen LogP contribution is -2.23. The third-order valence-electron chi connectivity index (χ3n) is 3.83. The Balaban J connectivity index is 1.47. The molecule has 6 heteroatoms. The zero-order valence-corrected chi connectivity index (χ0v) is 13.2. The lowest BCUT2D eigenvalue weighted by atomic mass is 10.1. The van der Waals surface area contributed by atoms with Crippen LogP contribution in [0.25, 0.3) is 10.6 Å². The fraction of sp³-hybridized carbons (Fsp3) is 0.235. The standard InChI is InChI=1S/C17H15N3O2S/c21-17(13-9-14(22-20-13)11-5-6-11)19-10-12-3-1-7-18-16(12)15-4-2-8-23-15/h1-4,7-9,11H,5-6,10H2,(H,19,21). The van der Waals surface area contributed by atoms with E-state index in [4.69, 9.17) is 4.52 Å². The van der Waals surface area contributed by atoms with Crippen LogP contribution in [0.1, 0.15) is 40.6 Å². The molecule has 0 aliphatic heterocycles. The number of aromatic nitrogens is 2. The van der Waals surface area contributed by atoms with Crippen LogP contribution in [0, 0.1) is 0 Å². The molecule has 3 aromatic heterocycles. The summed E-state index contributed by atoms with van der Waals surface area (Å²) >= 11 is 1.63. The highest BCUT2D eigenvalue weighted by atomic mass is 32.1. The van der Waals surface area contributed by atoms with Crippen molar-refractivity contribution in [1.29, 1.82) is 0 Å². The average molecular weight is 325 g/mol. The highest BCUT2D eigenvalue weighted by molar-refractivity contribution is 7.13. The minimum atomic E-state index is -0.221. The summed E-state index contributed by atoms with van der Waals surface area (Å²) in [4.78, 5) is 17.7. The van der Waals surface area contributed by atoms with Crippen LogP contribution in [0.4, 0.5) is 0 Å². The molecule has 0 aromatic carbocycles. The molecule has 1 fully saturated rings. The van der Waals surface area contributed by atoms with E-state index in [1.165, 1.54) is 0 Å². The number of nitrogens with zero attached hydrogens (tertiary/aromatic N) is 2. The van der Waals surface area contributed by atoms with Gasteiger partial charge in [-0.2, -0.15) is 0 Å². The maximum atomic E-state index is 12.2. The monoisotopic (exact) mass is 325 g/mol. The Labute approximate surface area is 137 Å². The Hall–Kier alpha value is -2.47. The molecule has 116 valence electrons. The van der Waals surface area contributed by atoms with E-state index in [9.17, 15) is 4.79 Å². The first-order valence-electron chi connectivity index (χ1n) is 7.54. The van der Waals surface area contributed by atoms with Crippen LogP contribution in [0.5, 0.6) is 0 Å². The van der Waals surface area contributed by atoms with Crippen molar-refractivity contribution in [3.63, 3.8) is 0 Å². The van der Waals surface area contributed by atoms with Gasteiger partial charge >= 0.3 is 0 Å². The van der Waals surface area contributed by atoms with E-state index in [0.29, 0.717) is 18.2 Å². The highest BCUT2D eigenvalue weighted by Gasteiger charge is 2.28. The molecule has 0 saturated heterocycles. The number of amides is 1. The first-order chi connectivity index (χ1) is 11.3. The van der Waals surface area contributed by atoms with E-state index in [1.54, 1.807) is 23.6 Å². The molecule has 1 N–H and O–H groups in total. The van der Waals surface area contributed by atoms with Gasteiger partial charge in [-0.15, -0.1) is 11.3 Å². The van der Waals surface area contributed by atoms with Gasteiger partial charge in [0.1, 0.15) is 5.76 Å². The Kier molecular flexibility index (Phi) is 3.67. The molecule has 1 aliphatic carbocycles. The van der Waals surface area contributed by atoms with Gasteiger partial charge in [0.05, 0.1) is 10.6 Å². The second-order valence-corrected chi connectivity index (χ2v) is 6.51. The van der Waals surface area contributed by atoms with Crippen molar-refractivity contribution in [2.45, 2.75) is 25.3 Å². The molecule has 1 aliphatic rings. The molecule has 4 rings (SSSR count). The Morgan fingerprint density at radius 2 is 2.26 bits per heavy atom. The molecule has 3 aromatic rings. The Morgan fingerprint density at radius 3 is 3.04 bits per heavy atom. The number of thiophene rings is 1. The normalized spacial score (nSPS) is 13.9. The molecule has 1 saturated carbocycles. The van der Waals surface area contributed by atoms with Gasteiger partial charge in [0.2, 0.25) is 0 Å². The second kappa shape index (κ2) is 5.96. The zero-order chi connectivity index (χ0) is 15.6. The van der Waals surface area contributed by atoms with Crippen LogP contribution >= 0.6 is 11.3 Å². The van der Waals surface area contributed by atoms with Crippen molar-refractivity contribution in [2.75, 3.05) is 0 Å². The van der Waals surface area contributed by atoms with Crippen LogP contribution in [-0.2, 0) is 6.54 Å². The lowest BCUT2D eigenvalue weighted by molar-refractivity contribution is 0.0942. The van der Waals surface area contributed by atoms with Crippen molar-refractivity contribution >= 4 is 17.2 Å². The first kappa shape index (κ1) is 14.1. The zero-order valence-electron chi connectivity index (χ0n) is 12.4. The van der Waals surface area contributed by atoms with Gasteiger partial charge in [0.15, 0.2) is 5.69 Å². The summed E-state index contributed by atoms with van der Waals surface area (Å²) in [6.07, 6.45) is 4.01. The number of rotatable bonds is 5. The lowest BCUT2D eigenvalue weighted by Gasteiger charge is -2.07. The Bertz CT molecular complexity index is 822. The number of nitrogens with one attached hydrogen (secondary N) is 1. The smallest absolute Gasteiger partial charge is 0.273 e. The summed E-state index contributed by atoms with van der Waals surface area (Å²) in [5, 5.41) is 8.77. The third kappa shape index (κ3) is 3.03. The predicted molar refractivity (Wildman–Crippen MR) is 87.2 cm³/mol. The number of hydrogen-bond acceptors (Lipinski definition) is 5. The number of hydrogen-bond donors (Lipinski definition) is 1. The van der Waals surface area contributed by atoms with Crippen molar-refractivity contribution in [3.8, 4) is 10.6 Å². The maximum absolute atomic E-state index is 12.2. The molecule has 1 amide bonds. The second-order valence-electron chi connectivity index (χ2n) is 5.56. The number of carbonyl (C=O) groups excluding carboxylic acids is 1. The summed E-state index contributed by atoms with van der Waals surface area (Å²) in [5.41, 5.74) is 2.23. The van der Waals surface area contributed by atoms with Crippen molar-refractivity contribution in [1.82, 2.24) is 15.5 Å².